The van der Waals surface area contributed by atoms with E-state index in [0.29, 0.717) is 11.3 Å². The van der Waals surface area contributed by atoms with Gasteiger partial charge in [-0.05, 0) is 24.6 Å². The topological polar surface area (TPSA) is 64.4 Å². The number of aryl methyl sites for hydroxylation is 1. The first kappa shape index (κ1) is 13.1. The van der Waals surface area contributed by atoms with E-state index in [9.17, 15) is 9.18 Å². The van der Waals surface area contributed by atoms with Crippen molar-refractivity contribution in [3.63, 3.8) is 0 Å². The molecule has 0 aliphatic heterocycles. The SMILES string of the molecule is COc1ccc(Cn2cnc(C)c2C(=O)O)cc1F. The highest BCUT2D eigenvalue weighted by Gasteiger charge is 2.15. The monoisotopic (exact) mass is 264 g/mol. The molecule has 1 aromatic heterocycles. The van der Waals surface area contributed by atoms with E-state index in [1.54, 1.807) is 13.0 Å². The van der Waals surface area contributed by atoms with Crippen LogP contribution in [0.15, 0.2) is 24.5 Å². The molecule has 0 atom stereocenters. The molecule has 100 valence electrons. The number of carboxylic acid groups (broad SMARTS) is 1. The maximum Gasteiger partial charge on any atom is 0.354 e. The van der Waals surface area contributed by atoms with Gasteiger partial charge in [-0.3, -0.25) is 0 Å². The molecule has 0 unspecified atom stereocenters. The minimum absolute atomic E-state index is 0.108. The van der Waals surface area contributed by atoms with Crippen molar-refractivity contribution in [2.75, 3.05) is 7.11 Å². The van der Waals surface area contributed by atoms with Crippen LogP contribution in [0, 0.1) is 12.7 Å². The second-order valence-electron chi connectivity index (χ2n) is 4.08. The molecule has 1 N–H and O–H groups in total. The van der Waals surface area contributed by atoms with Crippen molar-refractivity contribution in [3.05, 3.63) is 47.3 Å². The summed E-state index contributed by atoms with van der Waals surface area (Å²) < 4.78 is 19.9. The molecule has 2 aromatic rings. The van der Waals surface area contributed by atoms with Gasteiger partial charge in [-0.25, -0.2) is 14.2 Å². The van der Waals surface area contributed by atoms with Crippen molar-refractivity contribution in [1.82, 2.24) is 9.55 Å². The number of benzene rings is 1. The number of rotatable bonds is 4. The van der Waals surface area contributed by atoms with Gasteiger partial charge >= 0.3 is 5.97 Å². The van der Waals surface area contributed by atoms with E-state index in [1.807, 2.05) is 0 Å². The summed E-state index contributed by atoms with van der Waals surface area (Å²) in [6.07, 6.45) is 1.43. The summed E-state index contributed by atoms with van der Waals surface area (Å²) in [5, 5.41) is 9.10. The van der Waals surface area contributed by atoms with Gasteiger partial charge in [-0.2, -0.15) is 0 Å². The Labute approximate surface area is 109 Å². The fraction of sp³-hybridized carbons (Fsp3) is 0.231. The Morgan fingerprint density at radius 1 is 1.53 bits per heavy atom. The van der Waals surface area contributed by atoms with Crippen LogP contribution in [0.3, 0.4) is 0 Å². The molecule has 0 fully saturated rings. The van der Waals surface area contributed by atoms with Gasteiger partial charge in [0.2, 0.25) is 0 Å². The van der Waals surface area contributed by atoms with Crippen LogP contribution in [0.1, 0.15) is 21.7 Å². The average molecular weight is 264 g/mol. The predicted molar refractivity (Wildman–Crippen MR) is 66.0 cm³/mol. The van der Waals surface area contributed by atoms with E-state index in [-0.39, 0.29) is 18.0 Å². The van der Waals surface area contributed by atoms with Crippen molar-refractivity contribution in [2.24, 2.45) is 0 Å². The predicted octanol–water partition coefficient (Wildman–Crippen LogP) is 2.09. The molecule has 6 heteroatoms. The van der Waals surface area contributed by atoms with Gasteiger partial charge in [0, 0.05) is 6.54 Å². The summed E-state index contributed by atoms with van der Waals surface area (Å²) in [4.78, 5) is 15.1. The van der Waals surface area contributed by atoms with Gasteiger partial charge in [0.25, 0.3) is 0 Å². The second kappa shape index (κ2) is 5.09. The normalized spacial score (nSPS) is 10.5. The average Bonchev–Trinajstić information content (AvgIpc) is 2.70. The number of hydrogen-bond donors (Lipinski definition) is 1. The Hall–Kier alpha value is -2.37. The first-order valence-corrected chi connectivity index (χ1v) is 5.60. The maximum atomic E-state index is 13.6. The molecule has 19 heavy (non-hydrogen) atoms. The Balaban J connectivity index is 2.31. The summed E-state index contributed by atoms with van der Waals surface area (Å²) in [6, 6.07) is 4.51. The number of nitrogens with zero attached hydrogens (tertiary/aromatic N) is 2. The van der Waals surface area contributed by atoms with Crippen molar-refractivity contribution < 1.29 is 19.0 Å². The molecule has 0 saturated carbocycles. The van der Waals surface area contributed by atoms with E-state index in [2.05, 4.69) is 4.98 Å². The Kier molecular flexibility index (Phi) is 3.50. The number of carbonyl (C=O) groups is 1. The van der Waals surface area contributed by atoms with Crippen LogP contribution in [0.4, 0.5) is 4.39 Å². The zero-order valence-electron chi connectivity index (χ0n) is 10.6. The third-order valence-corrected chi connectivity index (χ3v) is 2.79. The van der Waals surface area contributed by atoms with Crippen LogP contribution < -0.4 is 4.74 Å². The lowest BCUT2D eigenvalue weighted by molar-refractivity contribution is 0.0685. The minimum Gasteiger partial charge on any atom is -0.494 e. The quantitative estimate of drug-likeness (QED) is 0.918. The van der Waals surface area contributed by atoms with E-state index in [4.69, 9.17) is 9.84 Å². The number of halogens is 1. The molecule has 1 heterocycles. The molecule has 0 saturated heterocycles. The van der Waals surface area contributed by atoms with Crippen LogP contribution in [0.2, 0.25) is 0 Å². The molecule has 5 nitrogen and oxygen atoms in total. The molecular weight excluding hydrogens is 251 g/mol. The van der Waals surface area contributed by atoms with Crippen LogP contribution >= 0.6 is 0 Å². The fourth-order valence-corrected chi connectivity index (χ4v) is 1.89. The van der Waals surface area contributed by atoms with Crippen LogP contribution in [0.25, 0.3) is 0 Å². The molecule has 0 aliphatic rings. The zero-order chi connectivity index (χ0) is 14.0. The first-order valence-electron chi connectivity index (χ1n) is 5.60. The van der Waals surface area contributed by atoms with Crippen molar-refractivity contribution >= 4 is 5.97 Å². The van der Waals surface area contributed by atoms with E-state index >= 15 is 0 Å². The van der Waals surface area contributed by atoms with E-state index in [1.165, 1.54) is 30.1 Å². The van der Waals surface area contributed by atoms with Gasteiger partial charge in [-0.1, -0.05) is 6.07 Å². The standard InChI is InChI=1S/C13H13FN2O3/c1-8-12(13(17)18)16(7-15-8)6-9-3-4-11(19-2)10(14)5-9/h3-5,7H,6H2,1-2H3,(H,17,18). The number of ether oxygens (including phenoxy) is 1. The first-order chi connectivity index (χ1) is 9.02. The fourth-order valence-electron chi connectivity index (χ4n) is 1.89. The molecule has 0 aliphatic carbocycles. The van der Waals surface area contributed by atoms with Crippen LogP contribution in [-0.4, -0.2) is 27.7 Å². The molecule has 1 aromatic carbocycles. The summed E-state index contributed by atoms with van der Waals surface area (Å²) in [6.45, 7) is 1.86. The highest BCUT2D eigenvalue weighted by molar-refractivity contribution is 5.86. The number of methoxy groups -OCH3 is 1. The largest absolute Gasteiger partial charge is 0.494 e. The Morgan fingerprint density at radius 2 is 2.26 bits per heavy atom. The smallest absolute Gasteiger partial charge is 0.354 e. The zero-order valence-corrected chi connectivity index (χ0v) is 10.6. The van der Waals surface area contributed by atoms with Gasteiger partial charge in [0.1, 0.15) is 5.69 Å². The molecule has 0 bridgehead atoms. The third-order valence-electron chi connectivity index (χ3n) is 2.79. The van der Waals surface area contributed by atoms with Gasteiger partial charge in [-0.15, -0.1) is 0 Å². The number of aromatic carboxylic acids is 1. The van der Waals surface area contributed by atoms with E-state index < -0.39 is 11.8 Å². The van der Waals surface area contributed by atoms with Crippen molar-refractivity contribution in [1.29, 1.82) is 0 Å². The minimum atomic E-state index is -1.05. The molecule has 0 amide bonds. The molecule has 2 rings (SSSR count). The number of carboxylic acids is 1. The van der Waals surface area contributed by atoms with Gasteiger partial charge in [0.15, 0.2) is 11.6 Å². The highest BCUT2D eigenvalue weighted by Crippen LogP contribution is 2.19. The Morgan fingerprint density at radius 3 is 2.84 bits per heavy atom. The summed E-state index contributed by atoms with van der Waals surface area (Å²) in [5.41, 5.74) is 1.18. The van der Waals surface area contributed by atoms with E-state index in [0.717, 1.165) is 0 Å². The highest BCUT2D eigenvalue weighted by atomic mass is 19.1. The third kappa shape index (κ3) is 2.57. The van der Waals surface area contributed by atoms with Crippen molar-refractivity contribution in [2.45, 2.75) is 13.5 Å². The summed E-state index contributed by atoms with van der Waals surface area (Å²) in [7, 11) is 1.39. The lowest BCUT2D eigenvalue weighted by atomic mass is 10.2. The molecular formula is C13H13FN2O3. The van der Waals surface area contributed by atoms with Crippen molar-refractivity contribution in [3.8, 4) is 5.75 Å². The molecule has 0 spiro atoms. The summed E-state index contributed by atoms with van der Waals surface area (Å²) in [5.74, 6) is -1.37. The number of imidazole rings is 1. The maximum absolute atomic E-state index is 13.6. The lowest BCUT2D eigenvalue weighted by Gasteiger charge is -2.08. The van der Waals surface area contributed by atoms with Gasteiger partial charge < -0.3 is 14.4 Å². The second-order valence-corrected chi connectivity index (χ2v) is 4.08. The number of aromatic nitrogens is 2. The lowest BCUT2D eigenvalue weighted by Crippen LogP contribution is -2.10. The molecule has 0 radical (unpaired) electrons. The van der Waals surface area contributed by atoms with Crippen LogP contribution in [-0.2, 0) is 6.54 Å². The summed E-state index contributed by atoms with van der Waals surface area (Å²) >= 11 is 0. The van der Waals surface area contributed by atoms with Gasteiger partial charge in [0.05, 0.1) is 19.1 Å². The Bertz CT molecular complexity index is 622. The number of hydrogen-bond acceptors (Lipinski definition) is 3. The van der Waals surface area contributed by atoms with Crippen LogP contribution in [0.5, 0.6) is 5.75 Å².